The van der Waals surface area contributed by atoms with Crippen LogP contribution in [0.15, 0.2) is 83.0 Å². The molecule has 0 bridgehead atoms. The lowest BCUT2D eigenvalue weighted by molar-refractivity contribution is 1.21. The Morgan fingerprint density at radius 2 is 1.14 bits per heavy atom. The average Bonchev–Trinajstić information content (AvgIpc) is 2.56. The van der Waals surface area contributed by atoms with Crippen molar-refractivity contribution in [2.24, 2.45) is 21.7 Å². The van der Waals surface area contributed by atoms with Crippen molar-refractivity contribution in [2.45, 2.75) is 0 Å². The molecule has 4 N–H and O–H groups in total. The summed E-state index contributed by atoms with van der Waals surface area (Å²) < 4.78 is 0. The van der Waals surface area contributed by atoms with Crippen LogP contribution in [0, 0.1) is 0 Å². The lowest BCUT2D eigenvalue weighted by Crippen LogP contribution is -2.22. The molecule has 0 aliphatic rings. The highest BCUT2D eigenvalue weighted by atomic mass is 15.3. The van der Waals surface area contributed by atoms with Crippen LogP contribution in [-0.2, 0) is 0 Å². The molecule has 22 heavy (non-hydrogen) atoms. The zero-order valence-corrected chi connectivity index (χ0v) is 12.1. The van der Waals surface area contributed by atoms with Crippen LogP contribution in [0.2, 0.25) is 0 Å². The predicted octanol–water partition coefficient (Wildman–Crippen LogP) is 3.04. The Balaban J connectivity index is 2.20. The summed E-state index contributed by atoms with van der Waals surface area (Å²) in [5.41, 5.74) is 13.5. The molecule has 0 aliphatic carbocycles. The molecule has 0 spiro atoms. The second kappa shape index (κ2) is 8.21. The first-order valence-electron chi connectivity index (χ1n) is 6.87. The fourth-order valence-electron chi connectivity index (χ4n) is 1.73. The van der Waals surface area contributed by atoms with Crippen LogP contribution in [0.3, 0.4) is 0 Å². The smallest absolute Gasteiger partial charge is 0.211 e. The number of nitrogens with two attached hydrogens (primary N) is 2. The van der Waals surface area contributed by atoms with Gasteiger partial charge in [0.1, 0.15) is 0 Å². The second-order valence-electron chi connectivity index (χ2n) is 4.54. The van der Waals surface area contributed by atoms with Gasteiger partial charge in [-0.25, -0.2) is 0 Å². The van der Waals surface area contributed by atoms with E-state index in [1.807, 2.05) is 85.0 Å². The molecule has 2 aromatic rings. The third-order valence-electron chi connectivity index (χ3n) is 2.77. The predicted molar refractivity (Wildman–Crippen MR) is 94.2 cm³/mol. The van der Waals surface area contributed by atoms with Crippen molar-refractivity contribution >= 4 is 23.8 Å². The van der Waals surface area contributed by atoms with Crippen molar-refractivity contribution < 1.29 is 0 Å². The summed E-state index contributed by atoms with van der Waals surface area (Å²) in [7, 11) is 0. The fraction of sp³-hybridized carbons (Fsp3) is 0. The maximum Gasteiger partial charge on any atom is 0.211 e. The topological polar surface area (TPSA) is 76.8 Å². The van der Waals surface area contributed by atoms with Gasteiger partial charge in [-0.1, -0.05) is 72.8 Å². The van der Waals surface area contributed by atoms with Gasteiger partial charge in [0, 0.05) is 0 Å². The second-order valence-corrected chi connectivity index (χ2v) is 4.54. The van der Waals surface area contributed by atoms with Crippen LogP contribution in [0.5, 0.6) is 0 Å². The first kappa shape index (κ1) is 15.3. The SMILES string of the molecule is NC(N)=NN=C(/C=C/c1ccccc1)/C=C/c1ccccc1. The molecular weight excluding hydrogens is 272 g/mol. The third-order valence-corrected chi connectivity index (χ3v) is 2.77. The van der Waals surface area contributed by atoms with Gasteiger partial charge in [0.2, 0.25) is 5.96 Å². The van der Waals surface area contributed by atoms with Crippen molar-refractivity contribution in [3.63, 3.8) is 0 Å². The highest BCUT2D eigenvalue weighted by Gasteiger charge is 1.91. The summed E-state index contributed by atoms with van der Waals surface area (Å²) in [6.45, 7) is 0. The minimum absolute atomic E-state index is 0.0706. The van der Waals surface area contributed by atoms with Gasteiger partial charge in [-0.2, -0.15) is 0 Å². The van der Waals surface area contributed by atoms with E-state index in [-0.39, 0.29) is 5.96 Å². The zero-order valence-electron chi connectivity index (χ0n) is 12.1. The van der Waals surface area contributed by atoms with Gasteiger partial charge in [0.25, 0.3) is 0 Å². The Kier molecular flexibility index (Phi) is 5.70. The van der Waals surface area contributed by atoms with Crippen LogP contribution in [0.4, 0.5) is 0 Å². The van der Waals surface area contributed by atoms with E-state index in [9.17, 15) is 0 Å². The maximum atomic E-state index is 5.33. The molecule has 0 atom stereocenters. The molecule has 0 radical (unpaired) electrons. The summed E-state index contributed by atoms with van der Waals surface area (Å²) in [5.74, 6) is -0.0706. The summed E-state index contributed by atoms with van der Waals surface area (Å²) >= 11 is 0. The summed E-state index contributed by atoms with van der Waals surface area (Å²) in [6.07, 6.45) is 7.63. The number of guanidine groups is 1. The number of benzene rings is 2. The number of hydrogen-bond acceptors (Lipinski definition) is 2. The number of nitrogens with zero attached hydrogens (tertiary/aromatic N) is 2. The van der Waals surface area contributed by atoms with E-state index < -0.39 is 0 Å². The van der Waals surface area contributed by atoms with Gasteiger partial charge < -0.3 is 11.5 Å². The average molecular weight is 290 g/mol. The molecule has 0 amide bonds. The van der Waals surface area contributed by atoms with Crippen LogP contribution < -0.4 is 11.5 Å². The Labute approximate surface area is 130 Å². The lowest BCUT2D eigenvalue weighted by atomic mass is 10.1. The molecule has 4 heteroatoms. The quantitative estimate of drug-likeness (QED) is 0.504. The van der Waals surface area contributed by atoms with Crippen molar-refractivity contribution in [1.29, 1.82) is 0 Å². The Bertz CT molecular complexity index is 643. The van der Waals surface area contributed by atoms with E-state index in [0.717, 1.165) is 11.1 Å². The molecule has 0 heterocycles. The Morgan fingerprint density at radius 1 is 0.682 bits per heavy atom. The van der Waals surface area contributed by atoms with E-state index >= 15 is 0 Å². The van der Waals surface area contributed by atoms with Gasteiger partial charge in [-0.3, -0.25) is 0 Å². The standard InChI is InChI=1S/C18H18N4/c19-18(20)22-21-17(13-11-15-7-3-1-4-8-15)14-12-16-9-5-2-6-10-16/h1-14H,(H4,19,20,22)/b13-11+,14-12+. The van der Waals surface area contributed by atoms with E-state index in [0.29, 0.717) is 5.71 Å². The summed E-state index contributed by atoms with van der Waals surface area (Å²) in [4.78, 5) is 0. The molecule has 0 aromatic heterocycles. The van der Waals surface area contributed by atoms with E-state index in [2.05, 4.69) is 10.2 Å². The van der Waals surface area contributed by atoms with Crippen LogP contribution in [-0.4, -0.2) is 11.7 Å². The molecule has 2 rings (SSSR count). The van der Waals surface area contributed by atoms with E-state index in [1.165, 1.54) is 0 Å². The summed E-state index contributed by atoms with van der Waals surface area (Å²) in [5, 5.41) is 7.74. The van der Waals surface area contributed by atoms with Crippen LogP contribution in [0.1, 0.15) is 11.1 Å². The molecule has 0 saturated carbocycles. The highest BCUT2D eigenvalue weighted by Crippen LogP contribution is 2.04. The minimum atomic E-state index is -0.0706. The Hall–Kier alpha value is -3.14. The minimum Gasteiger partial charge on any atom is -0.369 e. The van der Waals surface area contributed by atoms with Gasteiger partial charge in [-0.05, 0) is 23.3 Å². The zero-order chi connectivity index (χ0) is 15.6. The van der Waals surface area contributed by atoms with E-state index in [1.54, 1.807) is 0 Å². The van der Waals surface area contributed by atoms with Gasteiger partial charge in [-0.15, -0.1) is 10.2 Å². The van der Waals surface area contributed by atoms with Crippen molar-refractivity contribution in [2.75, 3.05) is 0 Å². The fourth-order valence-corrected chi connectivity index (χ4v) is 1.73. The van der Waals surface area contributed by atoms with Crippen molar-refractivity contribution in [3.05, 3.63) is 83.9 Å². The van der Waals surface area contributed by atoms with Gasteiger partial charge >= 0.3 is 0 Å². The first-order valence-corrected chi connectivity index (χ1v) is 6.87. The number of rotatable bonds is 5. The molecular formula is C18H18N4. The maximum absolute atomic E-state index is 5.33. The monoisotopic (exact) mass is 290 g/mol. The molecule has 0 aliphatic heterocycles. The molecule has 0 fully saturated rings. The van der Waals surface area contributed by atoms with Gasteiger partial charge in [0.05, 0.1) is 5.71 Å². The largest absolute Gasteiger partial charge is 0.369 e. The number of hydrogen-bond donors (Lipinski definition) is 2. The molecule has 4 nitrogen and oxygen atoms in total. The van der Waals surface area contributed by atoms with E-state index in [4.69, 9.17) is 11.5 Å². The Morgan fingerprint density at radius 3 is 1.55 bits per heavy atom. The lowest BCUT2D eigenvalue weighted by Gasteiger charge is -1.95. The molecule has 110 valence electrons. The van der Waals surface area contributed by atoms with Crippen molar-refractivity contribution in [3.8, 4) is 0 Å². The first-order chi connectivity index (χ1) is 10.7. The van der Waals surface area contributed by atoms with Gasteiger partial charge in [0.15, 0.2) is 0 Å². The number of allylic oxidation sites excluding steroid dienone is 2. The normalized spacial score (nSPS) is 10.7. The highest BCUT2D eigenvalue weighted by molar-refractivity contribution is 6.08. The van der Waals surface area contributed by atoms with Crippen LogP contribution >= 0.6 is 0 Å². The molecule has 0 unspecified atom stereocenters. The molecule has 0 saturated heterocycles. The van der Waals surface area contributed by atoms with Crippen molar-refractivity contribution in [1.82, 2.24) is 0 Å². The molecule has 2 aromatic carbocycles. The third kappa shape index (κ3) is 5.46. The van der Waals surface area contributed by atoms with Crippen LogP contribution in [0.25, 0.3) is 12.2 Å². The summed E-state index contributed by atoms with van der Waals surface area (Å²) in [6, 6.07) is 19.9.